The second-order valence-corrected chi connectivity index (χ2v) is 8.14. The van der Waals surface area contributed by atoms with Crippen molar-refractivity contribution >= 4 is 10.0 Å². The van der Waals surface area contributed by atoms with Gasteiger partial charge in [-0.25, -0.2) is 12.7 Å². The molecule has 1 aliphatic heterocycles. The molecule has 0 aromatic heterocycles. The van der Waals surface area contributed by atoms with Crippen LogP contribution in [-0.2, 0) is 10.0 Å². The van der Waals surface area contributed by atoms with Crippen molar-refractivity contribution in [1.82, 2.24) is 4.31 Å². The minimum atomic E-state index is -3.05. The number of unbranched alkanes of at least 4 members (excludes halogenated alkanes) is 1. The molecule has 5 heteroatoms. The lowest BCUT2D eigenvalue weighted by Gasteiger charge is -2.37. The van der Waals surface area contributed by atoms with E-state index in [1.165, 1.54) is 12.7 Å². The second kappa shape index (κ2) is 7.04. The van der Waals surface area contributed by atoms with Gasteiger partial charge in [0.25, 0.3) is 0 Å². The minimum Gasteiger partial charge on any atom is -0.325 e. The molecule has 114 valence electrons. The van der Waals surface area contributed by atoms with Gasteiger partial charge in [-0.1, -0.05) is 26.7 Å². The van der Waals surface area contributed by atoms with E-state index in [1.54, 1.807) is 4.31 Å². The van der Waals surface area contributed by atoms with Gasteiger partial charge in [0.05, 0.1) is 6.26 Å². The lowest BCUT2D eigenvalue weighted by molar-refractivity contribution is 0.202. The smallest absolute Gasteiger partial charge is 0.211 e. The van der Waals surface area contributed by atoms with E-state index in [0.717, 1.165) is 38.5 Å². The summed E-state index contributed by atoms with van der Waals surface area (Å²) >= 11 is 0. The summed E-state index contributed by atoms with van der Waals surface area (Å²) in [5.41, 5.74) is 6.39. The average molecular weight is 290 g/mol. The monoisotopic (exact) mass is 290 g/mol. The summed E-state index contributed by atoms with van der Waals surface area (Å²) in [5.74, 6) is 0.422. The van der Waals surface area contributed by atoms with E-state index >= 15 is 0 Å². The normalized spacial score (nSPS) is 25.2. The van der Waals surface area contributed by atoms with Crippen molar-refractivity contribution in [3.05, 3.63) is 0 Å². The third kappa shape index (κ3) is 5.40. The fourth-order valence-electron chi connectivity index (χ4n) is 3.02. The number of hydrogen-bond donors (Lipinski definition) is 1. The average Bonchev–Trinajstić information content (AvgIpc) is 2.36. The molecule has 1 rings (SSSR count). The van der Waals surface area contributed by atoms with Crippen molar-refractivity contribution in [3.8, 4) is 0 Å². The molecule has 0 amide bonds. The molecule has 1 saturated heterocycles. The van der Waals surface area contributed by atoms with Gasteiger partial charge >= 0.3 is 0 Å². The van der Waals surface area contributed by atoms with Crippen LogP contribution in [0.15, 0.2) is 0 Å². The molecule has 0 aliphatic carbocycles. The van der Waals surface area contributed by atoms with Gasteiger partial charge in [0.15, 0.2) is 0 Å². The van der Waals surface area contributed by atoms with Gasteiger partial charge < -0.3 is 5.73 Å². The second-order valence-electron chi connectivity index (χ2n) is 6.15. The van der Waals surface area contributed by atoms with Crippen LogP contribution in [0.4, 0.5) is 0 Å². The molecule has 2 unspecified atom stereocenters. The Labute approximate surface area is 118 Å². The number of hydrogen-bond acceptors (Lipinski definition) is 3. The highest BCUT2D eigenvalue weighted by molar-refractivity contribution is 7.88. The van der Waals surface area contributed by atoms with Crippen LogP contribution >= 0.6 is 0 Å². The largest absolute Gasteiger partial charge is 0.325 e. The van der Waals surface area contributed by atoms with Crippen LogP contribution < -0.4 is 5.73 Å². The van der Waals surface area contributed by atoms with Gasteiger partial charge in [-0.3, -0.25) is 0 Å². The summed E-state index contributed by atoms with van der Waals surface area (Å²) in [4.78, 5) is 0. The Balaban J connectivity index is 2.60. The number of nitrogens with two attached hydrogens (primary N) is 1. The van der Waals surface area contributed by atoms with E-state index in [-0.39, 0.29) is 5.54 Å². The highest BCUT2D eigenvalue weighted by Crippen LogP contribution is 2.30. The van der Waals surface area contributed by atoms with Gasteiger partial charge in [-0.2, -0.15) is 0 Å². The maximum Gasteiger partial charge on any atom is 0.211 e. The molecule has 1 heterocycles. The number of rotatable bonds is 7. The molecule has 0 radical (unpaired) electrons. The zero-order valence-electron chi connectivity index (χ0n) is 12.7. The van der Waals surface area contributed by atoms with E-state index in [4.69, 9.17) is 5.73 Å². The molecule has 2 atom stereocenters. The highest BCUT2D eigenvalue weighted by Gasteiger charge is 2.31. The Morgan fingerprint density at radius 3 is 2.58 bits per heavy atom. The van der Waals surface area contributed by atoms with Crippen LogP contribution in [0.1, 0.15) is 58.8 Å². The van der Waals surface area contributed by atoms with E-state index in [1.807, 2.05) is 0 Å². The molecule has 0 aromatic carbocycles. The van der Waals surface area contributed by atoms with Crippen molar-refractivity contribution < 1.29 is 8.42 Å². The molecular formula is C14H30N2O2S. The van der Waals surface area contributed by atoms with Crippen molar-refractivity contribution in [2.75, 3.05) is 19.3 Å². The molecule has 19 heavy (non-hydrogen) atoms. The summed E-state index contributed by atoms with van der Waals surface area (Å²) in [6.07, 6.45) is 8.68. The third-order valence-corrected chi connectivity index (χ3v) is 5.65. The molecule has 4 nitrogen and oxygen atoms in total. The fourth-order valence-corrected chi connectivity index (χ4v) is 3.96. The van der Waals surface area contributed by atoms with Crippen LogP contribution in [0, 0.1) is 5.92 Å². The first-order valence-electron chi connectivity index (χ1n) is 7.54. The quantitative estimate of drug-likeness (QED) is 0.783. The number of sulfonamides is 1. The Morgan fingerprint density at radius 1 is 1.37 bits per heavy atom. The van der Waals surface area contributed by atoms with Gasteiger partial charge in [-0.15, -0.1) is 0 Å². The first kappa shape index (κ1) is 16.9. The van der Waals surface area contributed by atoms with Gasteiger partial charge in [-0.05, 0) is 38.0 Å². The Hall–Kier alpha value is -0.130. The van der Waals surface area contributed by atoms with Crippen LogP contribution in [0.3, 0.4) is 0 Å². The Morgan fingerprint density at radius 2 is 2.05 bits per heavy atom. The predicted molar refractivity (Wildman–Crippen MR) is 80.5 cm³/mol. The lowest BCUT2D eigenvalue weighted by Crippen LogP contribution is -2.46. The first-order chi connectivity index (χ1) is 8.80. The van der Waals surface area contributed by atoms with Crippen molar-refractivity contribution in [2.24, 2.45) is 11.7 Å². The van der Waals surface area contributed by atoms with Gasteiger partial charge in [0, 0.05) is 18.6 Å². The topological polar surface area (TPSA) is 63.4 Å². The lowest BCUT2D eigenvalue weighted by atomic mass is 9.79. The molecule has 0 aromatic rings. The maximum absolute atomic E-state index is 11.6. The number of nitrogens with zero attached hydrogens (tertiary/aromatic N) is 1. The van der Waals surface area contributed by atoms with E-state index < -0.39 is 10.0 Å². The van der Waals surface area contributed by atoms with Crippen LogP contribution in [-0.4, -0.2) is 37.6 Å². The molecule has 0 bridgehead atoms. The SMILES string of the molecule is CCCCC(N)(CC)CC1CCCN(S(C)(=O)=O)C1. The summed E-state index contributed by atoms with van der Waals surface area (Å²) in [7, 11) is -3.05. The van der Waals surface area contributed by atoms with Crippen LogP contribution in [0.25, 0.3) is 0 Å². The summed E-state index contributed by atoms with van der Waals surface area (Å²) < 4.78 is 24.9. The molecule has 2 N–H and O–H groups in total. The number of piperidine rings is 1. The van der Waals surface area contributed by atoms with Crippen LogP contribution in [0.5, 0.6) is 0 Å². The van der Waals surface area contributed by atoms with Gasteiger partial charge in [0.1, 0.15) is 0 Å². The van der Waals surface area contributed by atoms with Crippen molar-refractivity contribution in [2.45, 2.75) is 64.3 Å². The Kier molecular flexibility index (Phi) is 6.27. The Bertz CT molecular complexity index is 370. The molecule has 1 aliphatic rings. The van der Waals surface area contributed by atoms with Crippen molar-refractivity contribution in [3.63, 3.8) is 0 Å². The molecule has 0 spiro atoms. The predicted octanol–water partition coefficient (Wildman–Crippen LogP) is 2.35. The van der Waals surface area contributed by atoms with E-state index in [2.05, 4.69) is 13.8 Å². The zero-order chi connectivity index (χ0) is 14.5. The highest BCUT2D eigenvalue weighted by atomic mass is 32.2. The molecule has 0 saturated carbocycles. The summed E-state index contributed by atoms with van der Waals surface area (Å²) in [6.45, 7) is 5.66. The maximum atomic E-state index is 11.6. The zero-order valence-corrected chi connectivity index (χ0v) is 13.5. The van der Waals surface area contributed by atoms with E-state index in [9.17, 15) is 8.42 Å². The van der Waals surface area contributed by atoms with Gasteiger partial charge in [0.2, 0.25) is 10.0 Å². The third-order valence-electron chi connectivity index (χ3n) is 4.38. The van der Waals surface area contributed by atoms with Crippen molar-refractivity contribution in [1.29, 1.82) is 0 Å². The summed E-state index contributed by atoms with van der Waals surface area (Å²) in [6, 6.07) is 0. The fraction of sp³-hybridized carbons (Fsp3) is 1.00. The first-order valence-corrected chi connectivity index (χ1v) is 9.39. The van der Waals surface area contributed by atoms with E-state index in [0.29, 0.717) is 19.0 Å². The molecule has 1 fully saturated rings. The standard InChI is InChI=1S/C14H30N2O2S/c1-4-6-9-14(15,5-2)11-13-8-7-10-16(12-13)19(3,17)18/h13H,4-12,15H2,1-3H3. The minimum absolute atomic E-state index is 0.110. The molecular weight excluding hydrogens is 260 g/mol. The summed E-state index contributed by atoms with van der Waals surface area (Å²) in [5, 5.41) is 0. The van der Waals surface area contributed by atoms with Crippen LogP contribution in [0.2, 0.25) is 0 Å².